The van der Waals surface area contributed by atoms with Gasteiger partial charge in [-0.1, -0.05) is 18.0 Å². The van der Waals surface area contributed by atoms with Gasteiger partial charge in [-0.3, -0.25) is 4.79 Å². The molecule has 27 heavy (non-hydrogen) atoms. The number of carbonyl (C=O) groups excluding carboxylic acids is 1. The van der Waals surface area contributed by atoms with Crippen LogP contribution in [0.15, 0.2) is 24.3 Å². The van der Waals surface area contributed by atoms with Crippen LogP contribution in [-0.4, -0.2) is 83.4 Å². The Morgan fingerprint density at radius 1 is 1.19 bits per heavy atom. The second-order valence-corrected chi connectivity index (χ2v) is 8.14. The molecule has 2 fully saturated rings. The molecule has 0 saturated carbocycles. The van der Waals surface area contributed by atoms with Gasteiger partial charge in [0.05, 0.1) is 0 Å². The minimum atomic E-state index is -1.20. The fraction of sp³-hybridized carbons (Fsp3) is 0.650. The van der Waals surface area contributed by atoms with Crippen LogP contribution in [0.25, 0.3) is 0 Å². The molecule has 0 spiro atoms. The number of benzene rings is 1. The number of nitrogens with one attached hydrogen (secondary N) is 1. The van der Waals surface area contributed by atoms with Gasteiger partial charge >= 0.3 is 0 Å². The first-order valence-corrected chi connectivity index (χ1v) is 10.2. The van der Waals surface area contributed by atoms with Crippen LogP contribution in [-0.2, 0) is 0 Å². The molecule has 2 saturated heterocycles. The zero-order chi connectivity index (χ0) is 19.3. The molecule has 2 aliphatic rings. The predicted octanol–water partition coefficient (Wildman–Crippen LogP) is 1.35. The maximum absolute atomic E-state index is 12.6. The molecule has 0 unspecified atom stereocenters. The normalized spacial score (nSPS) is 26.9. The topological polar surface area (TPSA) is 76.0 Å². The van der Waals surface area contributed by atoms with E-state index in [9.17, 15) is 15.0 Å². The molecule has 1 amide bonds. The Morgan fingerprint density at radius 2 is 1.89 bits per heavy atom. The lowest BCUT2D eigenvalue weighted by Gasteiger charge is -2.42. The van der Waals surface area contributed by atoms with Crippen molar-refractivity contribution in [3.8, 4) is 0 Å². The van der Waals surface area contributed by atoms with E-state index in [4.69, 9.17) is 11.6 Å². The van der Waals surface area contributed by atoms with Crippen molar-refractivity contribution in [2.45, 2.75) is 37.4 Å². The number of β-amino-alcohol motifs (C(OH)–C–C–N with tert-alkyl or cyclic N) is 1. The summed E-state index contributed by atoms with van der Waals surface area (Å²) >= 11 is 5.86. The molecule has 1 aromatic carbocycles. The first-order valence-electron chi connectivity index (χ1n) is 9.86. The maximum Gasteiger partial charge on any atom is 0.253 e. The Balaban J connectivity index is 1.45. The quantitative estimate of drug-likeness (QED) is 0.634. The van der Waals surface area contributed by atoms with Gasteiger partial charge in [-0.25, -0.2) is 0 Å². The zero-order valence-corrected chi connectivity index (χ0v) is 16.5. The SMILES string of the molecule is O=C(c1ccc(Cl)cc1)N1CC[C@](O)(CNCCN2CCCCC2)[C@@H](O)C1. The van der Waals surface area contributed by atoms with Crippen LogP contribution in [0.1, 0.15) is 36.0 Å². The van der Waals surface area contributed by atoms with Gasteiger partial charge in [0.2, 0.25) is 0 Å². The lowest BCUT2D eigenvalue weighted by atomic mass is 9.88. The van der Waals surface area contributed by atoms with Gasteiger partial charge in [0, 0.05) is 43.3 Å². The zero-order valence-electron chi connectivity index (χ0n) is 15.7. The largest absolute Gasteiger partial charge is 0.388 e. The van der Waals surface area contributed by atoms with Crippen LogP contribution in [0.3, 0.4) is 0 Å². The summed E-state index contributed by atoms with van der Waals surface area (Å²) in [4.78, 5) is 16.6. The molecule has 0 bridgehead atoms. The molecule has 6 nitrogen and oxygen atoms in total. The number of halogens is 1. The van der Waals surface area contributed by atoms with Crippen molar-refractivity contribution in [3.05, 3.63) is 34.9 Å². The van der Waals surface area contributed by atoms with Gasteiger partial charge < -0.3 is 25.3 Å². The average molecular weight is 396 g/mol. The minimum Gasteiger partial charge on any atom is -0.388 e. The monoisotopic (exact) mass is 395 g/mol. The van der Waals surface area contributed by atoms with E-state index in [2.05, 4.69) is 10.2 Å². The molecule has 1 aromatic rings. The summed E-state index contributed by atoms with van der Waals surface area (Å²) in [6, 6.07) is 6.72. The summed E-state index contributed by atoms with van der Waals surface area (Å²) in [7, 11) is 0. The third-order valence-corrected chi connectivity index (χ3v) is 5.94. The number of rotatable bonds is 6. The van der Waals surface area contributed by atoms with Crippen LogP contribution in [0.2, 0.25) is 5.02 Å². The second kappa shape index (κ2) is 9.34. The lowest BCUT2D eigenvalue weighted by molar-refractivity contribution is -0.110. The number of nitrogens with zero attached hydrogens (tertiary/aromatic N) is 2. The highest BCUT2D eigenvalue weighted by Gasteiger charge is 2.41. The molecule has 7 heteroatoms. The van der Waals surface area contributed by atoms with Crippen molar-refractivity contribution in [2.75, 3.05) is 45.8 Å². The van der Waals surface area contributed by atoms with E-state index in [0.717, 1.165) is 26.2 Å². The van der Waals surface area contributed by atoms with Gasteiger partial charge in [-0.15, -0.1) is 0 Å². The number of hydrogen-bond donors (Lipinski definition) is 3. The van der Waals surface area contributed by atoms with Crippen LogP contribution >= 0.6 is 11.6 Å². The van der Waals surface area contributed by atoms with Crippen LogP contribution in [0.4, 0.5) is 0 Å². The maximum atomic E-state index is 12.6. The van der Waals surface area contributed by atoms with E-state index in [-0.39, 0.29) is 12.5 Å². The van der Waals surface area contributed by atoms with E-state index in [1.165, 1.54) is 19.3 Å². The van der Waals surface area contributed by atoms with E-state index in [1.54, 1.807) is 29.2 Å². The van der Waals surface area contributed by atoms with E-state index >= 15 is 0 Å². The fourth-order valence-electron chi connectivity index (χ4n) is 3.86. The third kappa shape index (κ3) is 5.42. The van der Waals surface area contributed by atoms with Gasteiger partial charge in [-0.2, -0.15) is 0 Å². The van der Waals surface area contributed by atoms with Crippen molar-refractivity contribution in [3.63, 3.8) is 0 Å². The first-order chi connectivity index (χ1) is 13.0. The Labute approximate surface area is 166 Å². The van der Waals surface area contributed by atoms with Gasteiger partial charge in [0.15, 0.2) is 0 Å². The van der Waals surface area contributed by atoms with Crippen molar-refractivity contribution in [1.29, 1.82) is 0 Å². The summed E-state index contributed by atoms with van der Waals surface area (Å²) in [5.74, 6) is -0.147. The molecule has 2 heterocycles. The Morgan fingerprint density at radius 3 is 2.56 bits per heavy atom. The molecule has 2 atom stereocenters. The van der Waals surface area contributed by atoms with Gasteiger partial charge in [0.1, 0.15) is 11.7 Å². The predicted molar refractivity (Wildman–Crippen MR) is 106 cm³/mol. The number of hydrogen-bond acceptors (Lipinski definition) is 5. The van der Waals surface area contributed by atoms with Crippen molar-refractivity contribution < 1.29 is 15.0 Å². The van der Waals surface area contributed by atoms with Crippen LogP contribution in [0.5, 0.6) is 0 Å². The fourth-order valence-corrected chi connectivity index (χ4v) is 3.98. The highest BCUT2D eigenvalue weighted by atomic mass is 35.5. The summed E-state index contributed by atoms with van der Waals surface area (Å²) in [5, 5.41) is 25.1. The van der Waals surface area contributed by atoms with Crippen LogP contribution < -0.4 is 5.32 Å². The minimum absolute atomic E-state index is 0.131. The van der Waals surface area contributed by atoms with Gasteiger partial charge in [-0.05, 0) is 56.6 Å². The third-order valence-electron chi connectivity index (χ3n) is 5.69. The number of aliphatic hydroxyl groups is 2. The molecule has 3 N–H and O–H groups in total. The summed E-state index contributed by atoms with van der Waals surface area (Å²) in [6.07, 6.45) is 3.23. The second-order valence-electron chi connectivity index (χ2n) is 7.71. The van der Waals surface area contributed by atoms with Crippen molar-refractivity contribution >= 4 is 17.5 Å². The highest BCUT2D eigenvalue weighted by Crippen LogP contribution is 2.24. The number of aliphatic hydroxyl groups excluding tert-OH is 1. The van der Waals surface area contributed by atoms with E-state index in [0.29, 0.717) is 30.1 Å². The average Bonchev–Trinajstić information content (AvgIpc) is 2.68. The van der Waals surface area contributed by atoms with Gasteiger partial charge in [0.25, 0.3) is 5.91 Å². The Kier molecular flexibility index (Phi) is 7.11. The Hall–Kier alpha value is -1.18. The molecule has 0 aromatic heterocycles. The molecule has 0 radical (unpaired) electrons. The number of piperidine rings is 2. The summed E-state index contributed by atoms with van der Waals surface area (Å²) in [5.41, 5.74) is -0.657. The number of carbonyl (C=O) groups is 1. The number of amides is 1. The highest BCUT2D eigenvalue weighted by molar-refractivity contribution is 6.30. The molecular formula is C20H30ClN3O3. The smallest absolute Gasteiger partial charge is 0.253 e. The Bertz CT molecular complexity index is 621. The van der Waals surface area contributed by atoms with Crippen LogP contribution in [0, 0.1) is 0 Å². The van der Waals surface area contributed by atoms with E-state index < -0.39 is 11.7 Å². The molecule has 3 rings (SSSR count). The number of likely N-dealkylation sites (tertiary alicyclic amines) is 2. The lowest BCUT2D eigenvalue weighted by Crippen LogP contribution is -2.61. The molecule has 0 aliphatic carbocycles. The summed E-state index contributed by atoms with van der Waals surface area (Å²) in [6.45, 7) is 4.95. The molecular weight excluding hydrogens is 366 g/mol. The molecule has 150 valence electrons. The molecule has 2 aliphatic heterocycles. The van der Waals surface area contributed by atoms with E-state index in [1.807, 2.05) is 0 Å². The summed E-state index contributed by atoms with van der Waals surface area (Å²) < 4.78 is 0. The standard InChI is InChI=1S/C20H30ClN3O3/c21-17-6-4-16(5-7-17)19(26)24-12-8-20(27,18(25)14-24)15-22-9-13-23-10-2-1-3-11-23/h4-7,18,22,25,27H,1-3,8-15H2/t18-,20-/m0/s1. The van der Waals surface area contributed by atoms with Crippen molar-refractivity contribution in [2.24, 2.45) is 0 Å². The van der Waals surface area contributed by atoms with Crippen molar-refractivity contribution in [1.82, 2.24) is 15.1 Å². The first kappa shape index (κ1) is 20.6.